The van der Waals surface area contributed by atoms with Gasteiger partial charge in [-0.3, -0.25) is 4.79 Å². The van der Waals surface area contributed by atoms with Crippen molar-refractivity contribution in [3.63, 3.8) is 0 Å². The Labute approximate surface area is 180 Å². The first-order chi connectivity index (χ1) is 14.9. The molecule has 9 nitrogen and oxygen atoms in total. The predicted octanol–water partition coefficient (Wildman–Crippen LogP) is 2.56. The minimum absolute atomic E-state index is 0.0188. The second kappa shape index (κ2) is 9.94. The Balaban J connectivity index is 1.92. The maximum Gasteiger partial charge on any atom is 0.356 e. The van der Waals surface area contributed by atoms with Gasteiger partial charge in [0.2, 0.25) is 0 Å². The van der Waals surface area contributed by atoms with Gasteiger partial charge in [-0.25, -0.2) is 9.78 Å². The number of aliphatic hydroxyl groups excluding tert-OH is 1. The molecule has 0 spiro atoms. The number of aryl methyl sites for hydroxylation is 1. The Hall–Kier alpha value is -3.59. The van der Waals surface area contributed by atoms with Crippen molar-refractivity contribution in [3.05, 3.63) is 48.3 Å². The monoisotopic (exact) mass is 426 g/mol. The number of amides is 1. The molecule has 0 aliphatic carbocycles. The minimum Gasteiger partial charge on any atom is -0.484 e. The van der Waals surface area contributed by atoms with E-state index < -0.39 is 11.9 Å². The van der Waals surface area contributed by atoms with Gasteiger partial charge in [0.25, 0.3) is 5.91 Å². The minimum atomic E-state index is -0.595. The largest absolute Gasteiger partial charge is 0.484 e. The highest BCUT2D eigenvalue weighted by Crippen LogP contribution is 2.32. The number of benzene rings is 1. The predicted molar refractivity (Wildman–Crippen MR) is 117 cm³/mol. The van der Waals surface area contributed by atoms with Gasteiger partial charge in [0.1, 0.15) is 11.4 Å². The summed E-state index contributed by atoms with van der Waals surface area (Å²) in [6.45, 7) is 1.78. The highest BCUT2D eigenvalue weighted by Gasteiger charge is 2.24. The summed E-state index contributed by atoms with van der Waals surface area (Å²) >= 11 is 0. The fraction of sp³-hybridized carbons (Fsp3) is 0.318. The van der Waals surface area contributed by atoms with E-state index in [2.05, 4.69) is 15.6 Å². The van der Waals surface area contributed by atoms with Crippen LogP contribution >= 0.6 is 0 Å². The van der Waals surface area contributed by atoms with E-state index in [0.29, 0.717) is 34.6 Å². The Kier molecular flexibility index (Phi) is 7.09. The van der Waals surface area contributed by atoms with Crippen molar-refractivity contribution in [1.29, 1.82) is 0 Å². The van der Waals surface area contributed by atoms with E-state index in [1.54, 1.807) is 36.0 Å². The quantitative estimate of drug-likeness (QED) is 0.451. The van der Waals surface area contributed by atoms with E-state index in [9.17, 15) is 9.59 Å². The molecule has 1 aromatic carbocycles. The Bertz CT molecular complexity index is 1060. The van der Waals surface area contributed by atoms with Crippen LogP contribution in [-0.2, 0) is 16.6 Å². The zero-order valence-corrected chi connectivity index (χ0v) is 17.7. The van der Waals surface area contributed by atoms with E-state index in [0.717, 1.165) is 0 Å². The summed E-state index contributed by atoms with van der Waals surface area (Å²) < 4.78 is 12.0. The molecule has 164 valence electrons. The van der Waals surface area contributed by atoms with Crippen molar-refractivity contribution >= 4 is 34.3 Å². The normalized spacial score (nSPS) is 11.7. The van der Waals surface area contributed by atoms with Gasteiger partial charge in [-0.05, 0) is 31.5 Å². The first-order valence-electron chi connectivity index (χ1n) is 9.86. The summed E-state index contributed by atoms with van der Waals surface area (Å²) in [6.07, 6.45) is 2.21. The standard InChI is InChI=1S/C22H26N4O5/c1-14(9-10-27)24-15-11-17-19(20(22(29)30-3)26(2)21(17)23-12-15)25-18(28)13-31-16-7-5-4-6-8-16/h4-8,11-12,14,24,27H,9-10,13H2,1-3H3,(H,25,28)/t14-/m0/s1. The van der Waals surface area contributed by atoms with Crippen LogP contribution in [0.5, 0.6) is 5.75 Å². The molecule has 0 unspecified atom stereocenters. The van der Waals surface area contributed by atoms with Gasteiger partial charge in [0, 0.05) is 25.1 Å². The van der Waals surface area contributed by atoms with Crippen LogP contribution in [-0.4, -0.2) is 52.9 Å². The third-order valence-electron chi connectivity index (χ3n) is 4.76. The lowest BCUT2D eigenvalue weighted by Gasteiger charge is -2.14. The highest BCUT2D eigenvalue weighted by atomic mass is 16.5. The Morgan fingerprint density at radius 3 is 2.68 bits per heavy atom. The summed E-state index contributed by atoms with van der Waals surface area (Å²) in [6, 6.07) is 10.8. The number of pyridine rings is 1. The molecule has 1 amide bonds. The van der Waals surface area contributed by atoms with Crippen LogP contribution in [0.15, 0.2) is 42.6 Å². The van der Waals surface area contributed by atoms with Crippen molar-refractivity contribution in [2.75, 3.05) is 31.0 Å². The summed E-state index contributed by atoms with van der Waals surface area (Å²) in [5.41, 5.74) is 1.70. The van der Waals surface area contributed by atoms with Gasteiger partial charge in [0.15, 0.2) is 12.3 Å². The number of hydrogen-bond donors (Lipinski definition) is 3. The molecule has 0 aliphatic heterocycles. The molecule has 3 aromatic rings. The number of carbonyl (C=O) groups is 2. The van der Waals surface area contributed by atoms with E-state index in [4.69, 9.17) is 14.6 Å². The van der Waals surface area contributed by atoms with Crippen LogP contribution in [0.1, 0.15) is 23.8 Å². The fourth-order valence-corrected chi connectivity index (χ4v) is 3.24. The zero-order valence-electron chi connectivity index (χ0n) is 17.7. The first-order valence-corrected chi connectivity index (χ1v) is 9.86. The molecule has 2 heterocycles. The van der Waals surface area contributed by atoms with Gasteiger partial charge in [-0.2, -0.15) is 0 Å². The van der Waals surface area contributed by atoms with Crippen LogP contribution in [0.3, 0.4) is 0 Å². The van der Waals surface area contributed by atoms with Crippen LogP contribution < -0.4 is 15.4 Å². The van der Waals surface area contributed by atoms with Crippen LogP contribution in [0.2, 0.25) is 0 Å². The summed E-state index contributed by atoms with van der Waals surface area (Å²) in [4.78, 5) is 29.5. The van der Waals surface area contributed by atoms with Gasteiger partial charge < -0.3 is 29.8 Å². The molecular weight excluding hydrogens is 400 g/mol. The maximum absolute atomic E-state index is 12.6. The lowest BCUT2D eigenvalue weighted by atomic mass is 10.2. The van der Waals surface area contributed by atoms with E-state index in [1.165, 1.54) is 7.11 Å². The fourth-order valence-electron chi connectivity index (χ4n) is 3.24. The van der Waals surface area contributed by atoms with Gasteiger partial charge in [0.05, 0.1) is 24.7 Å². The van der Waals surface area contributed by atoms with Crippen LogP contribution in [0.25, 0.3) is 11.0 Å². The molecule has 0 fully saturated rings. The van der Waals surface area contributed by atoms with Gasteiger partial charge in [-0.1, -0.05) is 18.2 Å². The highest BCUT2D eigenvalue weighted by molar-refractivity contribution is 6.11. The van der Waals surface area contributed by atoms with E-state index in [1.807, 2.05) is 25.1 Å². The summed E-state index contributed by atoms with van der Waals surface area (Å²) in [5.74, 6) is -0.453. The molecule has 0 saturated carbocycles. The number of carbonyl (C=O) groups excluding carboxylic acids is 2. The lowest BCUT2D eigenvalue weighted by molar-refractivity contribution is -0.118. The molecule has 2 aromatic heterocycles. The van der Waals surface area contributed by atoms with Crippen molar-refractivity contribution < 1.29 is 24.2 Å². The lowest BCUT2D eigenvalue weighted by Crippen LogP contribution is -2.22. The molecule has 31 heavy (non-hydrogen) atoms. The van der Waals surface area contributed by atoms with Crippen LogP contribution in [0.4, 0.5) is 11.4 Å². The molecular formula is C22H26N4O5. The molecule has 3 N–H and O–H groups in total. The smallest absolute Gasteiger partial charge is 0.356 e. The number of anilines is 2. The first kappa shape index (κ1) is 22.1. The van der Waals surface area contributed by atoms with E-state index in [-0.39, 0.29) is 24.9 Å². The van der Waals surface area contributed by atoms with Crippen molar-refractivity contribution in [2.24, 2.45) is 7.05 Å². The van der Waals surface area contributed by atoms with Gasteiger partial charge in [-0.15, -0.1) is 0 Å². The van der Waals surface area contributed by atoms with E-state index >= 15 is 0 Å². The second-order valence-electron chi connectivity index (χ2n) is 7.08. The maximum atomic E-state index is 12.6. The van der Waals surface area contributed by atoms with Gasteiger partial charge >= 0.3 is 5.97 Å². The number of rotatable bonds is 9. The molecule has 0 saturated heterocycles. The topological polar surface area (TPSA) is 115 Å². The zero-order chi connectivity index (χ0) is 22.4. The van der Waals surface area contributed by atoms with Crippen LogP contribution in [0, 0.1) is 0 Å². The number of aromatic nitrogens is 2. The molecule has 0 aliphatic rings. The van der Waals surface area contributed by atoms with Crippen molar-refractivity contribution in [1.82, 2.24) is 9.55 Å². The number of aliphatic hydroxyl groups is 1. The average Bonchev–Trinajstić information content (AvgIpc) is 3.03. The average molecular weight is 426 g/mol. The second-order valence-corrected chi connectivity index (χ2v) is 7.08. The Morgan fingerprint density at radius 2 is 2.00 bits per heavy atom. The number of para-hydroxylation sites is 1. The molecule has 0 bridgehead atoms. The number of hydrogen-bond acceptors (Lipinski definition) is 7. The third kappa shape index (κ3) is 5.13. The van der Waals surface area contributed by atoms with Crippen molar-refractivity contribution in [2.45, 2.75) is 19.4 Å². The molecule has 1 atom stereocenters. The molecule has 9 heteroatoms. The SMILES string of the molecule is COC(=O)c1c(NC(=O)COc2ccccc2)c2cc(N[C@@H](C)CCO)cnc2n1C. The summed E-state index contributed by atoms with van der Waals surface area (Å²) in [5, 5.41) is 15.7. The third-order valence-corrected chi connectivity index (χ3v) is 4.76. The summed E-state index contributed by atoms with van der Waals surface area (Å²) in [7, 11) is 2.96. The number of nitrogens with zero attached hydrogens (tertiary/aromatic N) is 2. The number of nitrogens with one attached hydrogen (secondary N) is 2. The Morgan fingerprint density at radius 1 is 1.26 bits per heavy atom. The molecule has 0 radical (unpaired) electrons. The van der Waals surface area contributed by atoms with Crippen molar-refractivity contribution in [3.8, 4) is 5.75 Å². The number of ether oxygens (including phenoxy) is 2. The number of fused-ring (bicyclic) bond motifs is 1. The number of methoxy groups -OCH3 is 1. The number of esters is 1. The molecule has 3 rings (SSSR count).